The van der Waals surface area contributed by atoms with Gasteiger partial charge in [-0.1, -0.05) is 6.07 Å². The summed E-state index contributed by atoms with van der Waals surface area (Å²) in [5.74, 6) is -0.0717. The quantitative estimate of drug-likeness (QED) is 0.752. The van der Waals surface area contributed by atoms with Gasteiger partial charge in [0.15, 0.2) is 0 Å². The van der Waals surface area contributed by atoms with Crippen LogP contribution >= 0.6 is 12.6 Å². The van der Waals surface area contributed by atoms with Crippen molar-refractivity contribution >= 4 is 22.7 Å². The van der Waals surface area contributed by atoms with Crippen molar-refractivity contribution in [2.24, 2.45) is 5.14 Å². The van der Waals surface area contributed by atoms with Gasteiger partial charge >= 0.3 is 0 Å². The number of thiol groups is 1. The summed E-state index contributed by atoms with van der Waals surface area (Å²) in [5.41, 5.74) is 0.763. The molecule has 1 rings (SSSR count). The maximum atomic E-state index is 10.7. The van der Waals surface area contributed by atoms with Crippen LogP contribution in [0.3, 0.4) is 0 Å². The van der Waals surface area contributed by atoms with E-state index in [4.69, 9.17) is 5.14 Å². The van der Waals surface area contributed by atoms with E-state index in [1.165, 1.54) is 0 Å². The summed E-state index contributed by atoms with van der Waals surface area (Å²) in [7, 11) is -3.40. The van der Waals surface area contributed by atoms with E-state index >= 15 is 0 Å². The lowest BCUT2D eigenvalue weighted by Crippen LogP contribution is -2.17. The van der Waals surface area contributed by atoms with Gasteiger partial charge in [-0.25, -0.2) is 13.6 Å². The zero-order valence-electron chi connectivity index (χ0n) is 7.50. The minimum Gasteiger partial charge on any atom is -0.260 e. The molecule has 0 spiro atoms. The van der Waals surface area contributed by atoms with Crippen LogP contribution in [0, 0.1) is 0 Å². The topological polar surface area (TPSA) is 73.1 Å². The van der Waals surface area contributed by atoms with Gasteiger partial charge in [-0.2, -0.15) is 12.6 Å². The van der Waals surface area contributed by atoms with E-state index in [0.717, 1.165) is 5.69 Å². The summed E-state index contributed by atoms with van der Waals surface area (Å²) in [4.78, 5) is 4.07. The minimum absolute atomic E-state index is 0.0717. The molecule has 0 amide bonds. The Kier molecular flexibility index (Phi) is 3.91. The molecule has 0 saturated heterocycles. The summed E-state index contributed by atoms with van der Waals surface area (Å²) in [6.07, 6.45) is 2.02. The Labute approximate surface area is 89.0 Å². The number of sulfonamides is 1. The van der Waals surface area contributed by atoms with Gasteiger partial charge in [-0.3, -0.25) is 4.98 Å². The van der Waals surface area contributed by atoms with Crippen LogP contribution in [0.25, 0.3) is 0 Å². The predicted octanol–water partition coefficient (Wildman–Crippen LogP) is 0.731. The van der Waals surface area contributed by atoms with Gasteiger partial charge in [0.25, 0.3) is 0 Å². The Hall–Kier alpha value is -0.590. The van der Waals surface area contributed by atoms with Crippen LogP contribution in [0.15, 0.2) is 24.4 Å². The van der Waals surface area contributed by atoms with E-state index in [2.05, 4.69) is 17.6 Å². The molecule has 0 aliphatic rings. The third-order valence-corrected chi connectivity index (χ3v) is 3.03. The van der Waals surface area contributed by atoms with Gasteiger partial charge in [0.2, 0.25) is 10.0 Å². The molecule has 0 aromatic carbocycles. The molecule has 0 saturated carbocycles. The highest BCUT2D eigenvalue weighted by Gasteiger charge is 2.11. The summed E-state index contributed by atoms with van der Waals surface area (Å²) in [6, 6.07) is 5.44. The summed E-state index contributed by atoms with van der Waals surface area (Å²) in [6.45, 7) is 0. The van der Waals surface area contributed by atoms with Crippen molar-refractivity contribution in [2.75, 3.05) is 5.75 Å². The molecule has 1 aromatic heterocycles. The first kappa shape index (κ1) is 11.5. The molecule has 14 heavy (non-hydrogen) atoms. The van der Waals surface area contributed by atoms with Crippen molar-refractivity contribution < 1.29 is 8.42 Å². The third-order valence-electron chi connectivity index (χ3n) is 1.70. The number of primary sulfonamides is 1. The van der Waals surface area contributed by atoms with Crippen molar-refractivity contribution in [3.05, 3.63) is 30.1 Å². The fourth-order valence-corrected chi connectivity index (χ4v) is 2.02. The molecule has 2 N–H and O–H groups in total. The fraction of sp³-hybridized carbons (Fsp3) is 0.375. The average Bonchev–Trinajstić information content (AvgIpc) is 2.14. The van der Waals surface area contributed by atoms with Crippen LogP contribution in [0.1, 0.15) is 17.4 Å². The molecule has 6 heteroatoms. The van der Waals surface area contributed by atoms with E-state index in [-0.39, 0.29) is 11.0 Å². The van der Waals surface area contributed by atoms with E-state index in [9.17, 15) is 8.42 Å². The number of pyridine rings is 1. The molecular formula is C8H12N2O2S2. The van der Waals surface area contributed by atoms with Crippen LogP contribution in [-0.2, 0) is 10.0 Å². The minimum atomic E-state index is -3.40. The summed E-state index contributed by atoms with van der Waals surface area (Å²) >= 11 is 4.25. The summed E-state index contributed by atoms with van der Waals surface area (Å²) in [5, 5.41) is 4.69. The van der Waals surface area contributed by atoms with Crippen molar-refractivity contribution in [2.45, 2.75) is 11.7 Å². The van der Waals surface area contributed by atoms with Crippen molar-refractivity contribution in [3.8, 4) is 0 Å². The third kappa shape index (κ3) is 4.08. The molecule has 0 aliphatic carbocycles. The number of hydrogen-bond acceptors (Lipinski definition) is 4. The number of aromatic nitrogens is 1. The van der Waals surface area contributed by atoms with Crippen molar-refractivity contribution in [3.63, 3.8) is 0 Å². The summed E-state index contributed by atoms with van der Waals surface area (Å²) < 4.78 is 21.4. The highest BCUT2D eigenvalue weighted by molar-refractivity contribution is 7.89. The van der Waals surface area contributed by atoms with Crippen LogP contribution in [-0.4, -0.2) is 19.2 Å². The van der Waals surface area contributed by atoms with Crippen LogP contribution < -0.4 is 5.14 Å². The molecule has 78 valence electrons. The van der Waals surface area contributed by atoms with E-state index in [1.54, 1.807) is 18.3 Å². The highest BCUT2D eigenvalue weighted by atomic mass is 32.2. The highest BCUT2D eigenvalue weighted by Crippen LogP contribution is 2.21. The van der Waals surface area contributed by atoms with Gasteiger partial charge in [0.1, 0.15) is 0 Å². The predicted molar refractivity (Wildman–Crippen MR) is 58.6 cm³/mol. The van der Waals surface area contributed by atoms with Gasteiger partial charge in [0, 0.05) is 11.4 Å². The first-order chi connectivity index (χ1) is 6.49. The lowest BCUT2D eigenvalue weighted by Gasteiger charge is -2.08. The van der Waals surface area contributed by atoms with Gasteiger partial charge in [-0.05, 0) is 18.6 Å². The number of hydrogen-bond donors (Lipinski definition) is 2. The van der Waals surface area contributed by atoms with Crippen LogP contribution in [0.2, 0.25) is 0 Å². The van der Waals surface area contributed by atoms with Crippen molar-refractivity contribution in [1.82, 2.24) is 4.98 Å². The maximum Gasteiger partial charge on any atom is 0.209 e. The second kappa shape index (κ2) is 4.77. The lowest BCUT2D eigenvalue weighted by molar-refractivity contribution is 0.594. The molecule has 4 nitrogen and oxygen atoms in total. The van der Waals surface area contributed by atoms with Crippen LogP contribution in [0.5, 0.6) is 0 Å². The van der Waals surface area contributed by atoms with E-state index < -0.39 is 10.0 Å². The normalized spacial score (nSPS) is 13.9. The molecule has 0 bridgehead atoms. The number of nitrogens with two attached hydrogens (primary N) is 1. The smallest absolute Gasteiger partial charge is 0.209 e. The second-order valence-electron chi connectivity index (χ2n) is 2.93. The van der Waals surface area contributed by atoms with Gasteiger partial charge < -0.3 is 0 Å². The Bertz CT molecular complexity index is 378. The molecule has 1 atom stereocenters. The zero-order chi connectivity index (χ0) is 10.6. The van der Waals surface area contributed by atoms with Crippen LogP contribution in [0.4, 0.5) is 0 Å². The first-order valence-electron chi connectivity index (χ1n) is 4.08. The number of nitrogens with zero attached hydrogens (tertiary/aromatic N) is 1. The Morgan fingerprint density at radius 1 is 1.50 bits per heavy atom. The average molecular weight is 232 g/mol. The molecule has 0 fully saturated rings. The van der Waals surface area contributed by atoms with E-state index in [1.807, 2.05) is 6.07 Å². The SMILES string of the molecule is NS(=O)(=O)CCC(S)c1ccccn1. The standard InChI is InChI=1S/C8H12N2O2S2/c9-14(11,12)6-4-8(13)7-3-1-2-5-10-7/h1-3,5,8,13H,4,6H2,(H2,9,11,12). The second-order valence-corrected chi connectivity index (χ2v) is 5.28. The Balaban J connectivity index is 2.56. The molecule has 1 aromatic rings. The molecule has 0 radical (unpaired) electrons. The van der Waals surface area contributed by atoms with Gasteiger partial charge in [0.05, 0.1) is 11.4 Å². The number of rotatable bonds is 4. The fourth-order valence-electron chi connectivity index (χ4n) is 0.997. The Morgan fingerprint density at radius 2 is 2.21 bits per heavy atom. The molecular weight excluding hydrogens is 220 g/mol. The first-order valence-corrected chi connectivity index (χ1v) is 6.32. The largest absolute Gasteiger partial charge is 0.260 e. The van der Waals surface area contributed by atoms with Crippen molar-refractivity contribution in [1.29, 1.82) is 0 Å². The maximum absolute atomic E-state index is 10.7. The monoisotopic (exact) mass is 232 g/mol. The Morgan fingerprint density at radius 3 is 2.71 bits per heavy atom. The van der Waals surface area contributed by atoms with Gasteiger partial charge in [-0.15, -0.1) is 0 Å². The molecule has 0 aliphatic heterocycles. The molecule has 1 heterocycles. The molecule has 1 unspecified atom stereocenters. The van der Waals surface area contributed by atoms with E-state index in [0.29, 0.717) is 6.42 Å². The lowest BCUT2D eigenvalue weighted by atomic mass is 10.2. The zero-order valence-corrected chi connectivity index (χ0v) is 9.21.